The predicted octanol–water partition coefficient (Wildman–Crippen LogP) is 4.12. The van der Waals surface area contributed by atoms with Crippen molar-refractivity contribution >= 4 is 40.0 Å². The summed E-state index contributed by atoms with van der Waals surface area (Å²) >= 11 is 1.23. The number of hydrogen-bond donors (Lipinski definition) is 2. The highest BCUT2D eigenvalue weighted by Gasteiger charge is 2.09. The molecule has 1 heterocycles. The van der Waals surface area contributed by atoms with Gasteiger partial charge in [0.15, 0.2) is 5.13 Å². The summed E-state index contributed by atoms with van der Waals surface area (Å²) in [5, 5.41) is 7.37. The number of anilines is 2. The lowest BCUT2D eigenvalue weighted by Crippen LogP contribution is -2.15. The van der Waals surface area contributed by atoms with E-state index in [1.165, 1.54) is 35.6 Å². The molecule has 0 aliphatic rings. The minimum absolute atomic E-state index is 0.0305. The van der Waals surface area contributed by atoms with Gasteiger partial charge in [0.1, 0.15) is 5.82 Å². The van der Waals surface area contributed by atoms with Gasteiger partial charge in [-0.25, -0.2) is 9.37 Å². The lowest BCUT2D eigenvalue weighted by atomic mass is 10.2. The minimum Gasteiger partial charge on any atom is -0.326 e. The van der Waals surface area contributed by atoms with Crippen molar-refractivity contribution in [1.82, 2.24) is 4.98 Å². The Labute approximate surface area is 159 Å². The van der Waals surface area contributed by atoms with Crippen LogP contribution in [0.1, 0.15) is 11.3 Å². The molecule has 0 atom stereocenters. The Morgan fingerprint density at radius 3 is 2.67 bits per heavy atom. The van der Waals surface area contributed by atoms with E-state index in [9.17, 15) is 14.0 Å². The largest absolute Gasteiger partial charge is 0.326 e. The summed E-state index contributed by atoms with van der Waals surface area (Å²) in [6.07, 6.45) is 3.16. The van der Waals surface area contributed by atoms with E-state index in [2.05, 4.69) is 15.6 Å². The van der Waals surface area contributed by atoms with E-state index in [4.69, 9.17) is 0 Å². The lowest BCUT2D eigenvalue weighted by molar-refractivity contribution is -0.115. The monoisotopic (exact) mass is 381 g/mol. The molecule has 27 heavy (non-hydrogen) atoms. The molecule has 2 aromatic carbocycles. The summed E-state index contributed by atoms with van der Waals surface area (Å²) in [4.78, 5) is 28.2. The van der Waals surface area contributed by atoms with E-state index >= 15 is 0 Å². The molecule has 0 saturated carbocycles. The van der Waals surface area contributed by atoms with Crippen LogP contribution in [-0.4, -0.2) is 16.8 Å². The highest BCUT2D eigenvalue weighted by Crippen LogP contribution is 2.17. The fourth-order valence-corrected chi connectivity index (χ4v) is 2.98. The van der Waals surface area contributed by atoms with Gasteiger partial charge in [0, 0.05) is 17.1 Å². The summed E-state index contributed by atoms with van der Waals surface area (Å²) in [5.41, 5.74) is 1.83. The van der Waals surface area contributed by atoms with Gasteiger partial charge in [-0.1, -0.05) is 36.4 Å². The van der Waals surface area contributed by atoms with Crippen molar-refractivity contribution in [3.63, 3.8) is 0 Å². The Kier molecular flexibility index (Phi) is 6.06. The molecular weight excluding hydrogens is 365 g/mol. The third-order valence-corrected chi connectivity index (χ3v) is 4.27. The second-order valence-corrected chi connectivity index (χ2v) is 6.47. The molecule has 2 amide bonds. The molecule has 1 aromatic heterocycles. The maximum Gasteiger partial charge on any atom is 0.250 e. The molecular formula is C20H16FN3O2S. The number of thiazole rings is 1. The standard InChI is InChI=1S/C20H16FN3O2S/c21-15-7-4-8-16(11-15)22-19(26)12-17-13-27-20(23-17)24-18(25)10-9-14-5-2-1-3-6-14/h1-11,13H,12H2,(H,22,26)(H,23,24,25)/b10-9+. The zero-order valence-electron chi connectivity index (χ0n) is 14.2. The van der Waals surface area contributed by atoms with Crippen molar-refractivity contribution in [3.05, 3.63) is 83.1 Å². The minimum atomic E-state index is -0.421. The average Bonchev–Trinajstić information content (AvgIpc) is 3.07. The molecule has 0 bridgehead atoms. The number of hydrogen-bond acceptors (Lipinski definition) is 4. The first-order chi connectivity index (χ1) is 13.1. The summed E-state index contributed by atoms with van der Waals surface area (Å²) in [5.74, 6) is -1.04. The van der Waals surface area contributed by atoms with E-state index in [0.29, 0.717) is 16.5 Å². The van der Waals surface area contributed by atoms with Crippen LogP contribution in [0.4, 0.5) is 15.2 Å². The molecule has 3 rings (SSSR count). The molecule has 136 valence electrons. The molecule has 0 aliphatic heterocycles. The van der Waals surface area contributed by atoms with Crippen LogP contribution < -0.4 is 10.6 Å². The number of aromatic nitrogens is 1. The number of carbonyl (C=O) groups is 2. The molecule has 3 aromatic rings. The lowest BCUT2D eigenvalue weighted by Gasteiger charge is -2.03. The molecule has 0 spiro atoms. The van der Waals surface area contributed by atoms with Crippen LogP contribution >= 0.6 is 11.3 Å². The SMILES string of the molecule is O=C(/C=C/c1ccccc1)Nc1nc(CC(=O)Nc2cccc(F)c2)cs1. The van der Waals surface area contributed by atoms with Crippen LogP contribution in [0.3, 0.4) is 0 Å². The van der Waals surface area contributed by atoms with Crippen molar-refractivity contribution in [1.29, 1.82) is 0 Å². The molecule has 0 aliphatic carbocycles. The number of nitrogens with one attached hydrogen (secondary N) is 2. The highest BCUT2D eigenvalue weighted by atomic mass is 32.1. The Morgan fingerprint density at radius 2 is 1.89 bits per heavy atom. The smallest absolute Gasteiger partial charge is 0.250 e. The van der Waals surface area contributed by atoms with Gasteiger partial charge in [-0.2, -0.15) is 0 Å². The van der Waals surface area contributed by atoms with Crippen LogP contribution in [-0.2, 0) is 16.0 Å². The van der Waals surface area contributed by atoms with Gasteiger partial charge in [-0.3, -0.25) is 14.9 Å². The second-order valence-electron chi connectivity index (χ2n) is 5.61. The third kappa shape index (κ3) is 5.86. The van der Waals surface area contributed by atoms with E-state index < -0.39 is 5.82 Å². The molecule has 2 N–H and O–H groups in total. The number of halogens is 1. The summed E-state index contributed by atoms with van der Waals surface area (Å²) in [7, 11) is 0. The maximum absolute atomic E-state index is 13.1. The van der Waals surface area contributed by atoms with Crippen molar-refractivity contribution in [2.45, 2.75) is 6.42 Å². The van der Waals surface area contributed by atoms with Crippen molar-refractivity contribution < 1.29 is 14.0 Å². The van der Waals surface area contributed by atoms with Gasteiger partial charge in [0.25, 0.3) is 0 Å². The topological polar surface area (TPSA) is 71.1 Å². The fourth-order valence-electron chi connectivity index (χ4n) is 2.26. The first-order valence-corrected chi connectivity index (χ1v) is 9.00. The molecule has 5 nitrogen and oxygen atoms in total. The number of amides is 2. The number of nitrogens with zero attached hydrogens (tertiary/aromatic N) is 1. The Bertz CT molecular complexity index is 970. The van der Waals surface area contributed by atoms with Gasteiger partial charge in [0.05, 0.1) is 12.1 Å². The third-order valence-electron chi connectivity index (χ3n) is 3.46. The quantitative estimate of drug-likeness (QED) is 0.631. The molecule has 0 saturated heterocycles. The molecule has 0 radical (unpaired) electrons. The molecule has 0 unspecified atom stereocenters. The van der Waals surface area contributed by atoms with Gasteiger partial charge in [-0.15, -0.1) is 11.3 Å². The normalized spacial score (nSPS) is 10.7. The fraction of sp³-hybridized carbons (Fsp3) is 0.0500. The highest BCUT2D eigenvalue weighted by molar-refractivity contribution is 7.14. The van der Waals surface area contributed by atoms with Crippen LogP contribution in [0.15, 0.2) is 66.1 Å². The van der Waals surface area contributed by atoms with E-state index in [1.807, 2.05) is 30.3 Å². The maximum atomic E-state index is 13.1. The van der Waals surface area contributed by atoms with Gasteiger partial charge in [-0.05, 0) is 29.8 Å². The molecule has 7 heteroatoms. The van der Waals surface area contributed by atoms with E-state index in [-0.39, 0.29) is 18.2 Å². The Morgan fingerprint density at radius 1 is 1.07 bits per heavy atom. The summed E-state index contributed by atoms with van der Waals surface area (Å²) in [6.45, 7) is 0. The zero-order valence-corrected chi connectivity index (χ0v) is 15.0. The second kappa shape index (κ2) is 8.86. The van der Waals surface area contributed by atoms with Crippen molar-refractivity contribution in [2.75, 3.05) is 10.6 Å². The number of benzene rings is 2. The van der Waals surface area contributed by atoms with Gasteiger partial charge in [0.2, 0.25) is 11.8 Å². The van der Waals surface area contributed by atoms with Crippen LogP contribution in [0, 0.1) is 5.82 Å². The van der Waals surface area contributed by atoms with Crippen LogP contribution in [0.2, 0.25) is 0 Å². The van der Waals surface area contributed by atoms with E-state index in [1.54, 1.807) is 17.5 Å². The molecule has 0 fully saturated rings. The number of carbonyl (C=O) groups excluding carboxylic acids is 2. The van der Waals surface area contributed by atoms with Crippen molar-refractivity contribution in [2.24, 2.45) is 0 Å². The summed E-state index contributed by atoms with van der Waals surface area (Å²) < 4.78 is 13.1. The first kappa shape index (κ1) is 18.5. The zero-order chi connectivity index (χ0) is 19.1. The summed E-state index contributed by atoms with van der Waals surface area (Å²) in [6, 6.07) is 15.1. The van der Waals surface area contributed by atoms with Crippen LogP contribution in [0.5, 0.6) is 0 Å². The van der Waals surface area contributed by atoms with Gasteiger partial charge >= 0.3 is 0 Å². The number of rotatable bonds is 6. The van der Waals surface area contributed by atoms with Crippen molar-refractivity contribution in [3.8, 4) is 0 Å². The average molecular weight is 381 g/mol. The Balaban J connectivity index is 1.52. The Hall–Kier alpha value is -3.32. The van der Waals surface area contributed by atoms with Crippen LogP contribution in [0.25, 0.3) is 6.08 Å². The predicted molar refractivity (Wildman–Crippen MR) is 105 cm³/mol. The van der Waals surface area contributed by atoms with E-state index in [0.717, 1.165) is 5.56 Å². The van der Waals surface area contributed by atoms with Gasteiger partial charge < -0.3 is 5.32 Å². The first-order valence-electron chi connectivity index (χ1n) is 8.12.